The first-order chi connectivity index (χ1) is 12.0. The minimum absolute atomic E-state index is 0.185. The number of anilines is 1. The average molecular weight is 350 g/mol. The van der Waals surface area contributed by atoms with Crippen LogP contribution in [-0.2, 0) is 9.53 Å². The quantitative estimate of drug-likeness (QED) is 0.800. The zero-order valence-corrected chi connectivity index (χ0v) is 15.3. The lowest BCUT2D eigenvalue weighted by Crippen LogP contribution is -2.42. The van der Waals surface area contributed by atoms with E-state index in [0.717, 1.165) is 0 Å². The van der Waals surface area contributed by atoms with Gasteiger partial charge < -0.3 is 24.0 Å². The number of methoxy groups -OCH3 is 2. The minimum atomic E-state index is -0.239. The first kappa shape index (κ1) is 17.7. The Bertz CT molecular complexity index is 617. The molecule has 1 atom stereocenters. The number of hydrogen-bond donors (Lipinski definition) is 0. The first-order valence-corrected chi connectivity index (χ1v) is 8.55. The maximum absolute atomic E-state index is 12.4. The Morgan fingerprint density at radius 1 is 1.20 bits per heavy atom. The maximum Gasteiger partial charge on any atom is 0.232 e. The highest BCUT2D eigenvalue weighted by Gasteiger charge is 2.46. The molecule has 8 heteroatoms. The minimum Gasteiger partial charge on any atom is -0.481 e. The van der Waals surface area contributed by atoms with E-state index in [0.29, 0.717) is 57.0 Å². The highest BCUT2D eigenvalue weighted by atomic mass is 16.5. The molecule has 0 saturated carbocycles. The molecule has 1 spiro atoms. The van der Waals surface area contributed by atoms with Gasteiger partial charge in [0.25, 0.3) is 0 Å². The molecule has 2 aliphatic heterocycles. The topological polar surface area (TPSA) is 77.0 Å². The molecule has 2 fully saturated rings. The van der Waals surface area contributed by atoms with Gasteiger partial charge in [-0.3, -0.25) is 4.79 Å². The summed E-state index contributed by atoms with van der Waals surface area (Å²) in [6.07, 6.45) is 0.489. The fourth-order valence-electron chi connectivity index (χ4n) is 3.51. The fraction of sp³-hybridized carbons (Fsp3) is 0.706. The lowest BCUT2D eigenvalue weighted by atomic mass is 9.87. The van der Waals surface area contributed by atoms with Crippen LogP contribution in [0.5, 0.6) is 11.8 Å². The van der Waals surface area contributed by atoms with Crippen molar-refractivity contribution in [1.82, 2.24) is 14.9 Å². The largest absolute Gasteiger partial charge is 0.481 e. The van der Waals surface area contributed by atoms with Crippen LogP contribution in [0.25, 0.3) is 0 Å². The second-order valence-corrected chi connectivity index (χ2v) is 7.02. The van der Waals surface area contributed by atoms with E-state index in [1.54, 1.807) is 20.3 Å². The highest BCUT2D eigenvalue weighted by molar-refractivity contribution is 5.80. The molecule has 0 radical (unpaired) electrons. The summed E-state index contributed by atoms with van der Waals surface area (Å²) in [4.78, 5) is 25.3. The monoisotopic (exact) mass is 350 g/mol. The Kier molecular flexibility index (Phi) is 4.99. The van der Waals surface area contributed by atoms with Crippen LogP contribution in [-0.4, -0.2) is 73.9 Å². The maximum atomic E-state index is 12.4. The van der Waals surface area contributed by atoms with Crippen molar-refractivity contribution in [2.75, 3.05) is 52.0 Å². The van der Waals surface area contributed by atoms with Crippen molar-refractivity contribution in [1.29, 1.82) is 0 Å². The van der Waals surface area contributed by atoms with Crippen molar-refractivity contribution in [3.63, 3.8) is 0 Å². The van der Waals surface area contributed by atoms with Gasteiger partial charge in [0, 0.05) is 37.5 Å². The third-order valence-electron chi connectivity index (χ3n) is 4.78. The van der Waals surface area contributed by atoms with E-state index in [9.17, 15) is 4.79 Å². The van der Waals surface area contributed by atoms with E-state index < -0.39 is 0 Å². The van der Waals surface area contributed by atoms with E-state index in [1.165, 1.54) is 0 Å². The van der Waals surface area contributed by atoms with Crippen LogP contribution in [0.1, 0.15) is 20.3 Å². The molecular formula is C17H26N4O4. The van der Waals surface area contributed by atoms with Crippen LogP contribution in [0.4, 0.5) is 5.95 Å². The van der Waals surface area contributed by atoms with E-state index in [1.807, 2.05) is 18.7 Å². The SMILES string of the molecule is COc1cc(OC)nc(N2CCOCC3(CC(=O)N(C(C)C)C3)C2)n1. The fourth-order valence-corrected chi connectivity index (χ4v) is 3.51. The van der Waals surface area contributed by atoms with Crippen LogP contribution >= 0.6 is 0 Å². The molecule has 138 valence electrons. The standard InChI is InChI=1S/C17H26N4O4/c1-12(2)21-10-17(8-15(21)22)9-20(5-6-25-11-17)16-18-13(23-3)7-14(19-16)24-4/h7,12H,5-6,8-11H2,1-4H3. The molecule has 0 aromatic carbocycles. The van der Waals surface area contributed by atoms with Gasteiger partial charge in [-0.2, -0.15) is 9.97 Å². The molecule has 0 aliphatic carbocycles. The molecule has 3 rings (SSSR count). The summed E-state index contributed by atoms with van der Waals surface area (Å²) in [5.41, 5.74) is -0.239. The van der Waals surface area contributed by atoms with Gasteiger partial charge in [-0.05, 0) is 13.8 Å². The molecule has 0 N–H and O–H groups in total. The third-order valence-corrected chi connectivity index (χ3v) is 4.78. The van der Waals surface area contributed by atoms with E-state index in [4.69, 9.17) is 14.2 Å². The lowest BCUT2D eigenvalue weighted by Gasteiger charge is -2.32. The summed E-state index contributed by atoms with van der Waals surface area (Å²) in [5.74, 6) is 1.63. The Labute approximate surface area is 148 Å². The summed E-state index contributed by atoms with van der Waals surface area (Å²) in [6, 6.07) is 1.84. The number of nitrogens with zero attached hydrogens (tertiary/aromatic N) is 4. The second kappa shape index (κ2) is 7.03. The molecule has 3 heterocycles. The van der Waals surface area contributed by atoms with Crippen LogP contribution in [0, 0.1) is 5.41 Å². The second-order valence-electron chi connectivity index (χ2n) is 7.02. The number of carbonyl (C=O) groups excluding carboxylic acids is 1. The first-order valence-electron chi connectivity index (χ1n) is 8.55. The number of amides is 1. The predicted octanol–water partition coefficient (Wildman–Crippen LogP) is 0.957. The molecule has 1 aromatic heterocycles. The Morgan fingerprint density at radius 2 is 1.88 bits per heavy atom. The summed E-state index contributed by atoms with van der Waals surface area (Å²) in [5, 5.41) is 0. The van der Waals surface area contributed by atoms with Gasteiger partial charge in [0.2, 0.25) is 23.6 Å². The van der Waals surface area contributed by atoms with Crippen LogP contribution in [0.2, 0.25) is 0 Å². The van der Waals surface area contributed by atoms with E-state index in [2.05, 4.69) is 14.9 Å². The van der Waals surface area contributed by atoms with Gasteiger partial charge in [-0.1, -0.05) is 0 Å². The molecule has 25 heavy (non-hydrogen) atoms. The Morgan fingerprint density at radius 3 is 2.44 bits per heavy atom. The lowest BCUT2D eigenvalue weighted by molar-refractivity contribution is -0.129. The number of aromatic nitrogens is 2. The predicted molar refractivity (Wildman–Crippen MR) is 92.1 cm³/mol. The van der Waals surface area contributed by atoms with Crippen molar-refractivity contribution >= 4 is 11.9 Å². The zero-order valence-electron chi connectivity index (χ0n) is 15.3. The van der Waals surface area contributed by atoms with Gasteiger partial charge in [0.1, 0.15) is 0 Å². The molecule has 1 amide bonds. The molecular weight excluding hydrogens is 324 g/mol. The van der Waals surface area contributed by atoms with E-state index in [-0.39, 0.29) is 17.4 Å². The third kappa shape index (κ3) is 3.63. The molecule has 1 aromatic rings. The van der Waals surface area contributed by atoms with Crippen molar-refractivity contribution in [2.24, 2.45) is 5.41 Å². The van der Waals surface area contributed by atoms with Gasteiger partial charge in [0.15, 0.2) is 0 Å². The van der Waals surface area contributed by atoms with Gasteiger partial charge in [-0.25, -0.2) is 0 Å². The number of hydrogen-bond acceptors (Lipinski definition) is 7. The summed E-state index contributed by atoms with van der Waals surface area (Å²) in [6.45, 7) is 7.25. The van der Waals surface area contributed by atoms with Gasteiger partial charge in [-0.15, -0.1) is 0 Å². The van der Waals surface area contributed by atoms with Crippen molar-refractivity contribution in [3.05, 3.63) is 6.07 Å². The highest BCUT2D eigenvalue weighted by Crippen LogP contribution is 2.36. The van der Waals surface area contributed by atoms with Crippen LogP contribution in [0.15, 0.2) is 6.07 Å². The number of carbonyl (C=O) groups is 1. The molecule has 2 aliphatic rings. The molecule has 2 saturated heterocycles. The molecule has 8 nitrogen and oxygen atoms in total. The molecule has 0 bridgehead atoms. The summed E-state index contributed by atoms with van der Waals surface area (Å²) >= 11 is 0. The van der Waals surface area contributed by atoms with E-state index >= 15 is 0 Å². The smallest absolute Gasteiger partial charge is 0.232 e. The van der Waals surface area contributed by atoms with Crippen molar-refractivity contribution in [2.45, 2.75) is 26.3 Å². The Hall–Kier alpha value is -2.09. The number of ether oxygens (including phenoxy) is 3. The van der Waals surface area contributed by atoms with Crippen molar-refractivity contribution in [3.8, 4) is 11.8 Å². The number of likely N-dealkylation sites (tertiary alicyclic amines) is 1. The Balaban J connectivity index is 1.87. The van der Waals surface area contributed by atoms with Crippen molar-refractivity contribution < 1.29 is 19.0 Å². The molecule has 1 unspecified atom stereocenters. The number of rotatable bonds is 4. The zero-order chi connectivity index (χ0) is 18.0. The normalized spacial score (nSPS) is 24.1. The average Bonchev–Trinajstić information content (AvgIpc) is 2.79. The van der Waals surface area contributed by atoms with Gasteiger partial charge in [0.05, 0.1) is 33.5 Å². The summed E-state index contributed by atoms with van der Waals surface area (Å²) in [7, 11) is 3.13. The van der Waals surface area contributed by atoms with Crippen LogP contribution < -0.4 is 14.4 Å². The summed E-state index contributed by atoms with van der Waals surface area (Å²) < 4.78 is 16.3. The van der Waals surface area contributed by atoms with Crippen LogP contribution in [0.3, 0.4) is 0 Å². The van der Waals surface area contributed by atoms with Gasteiger partial charge >= 0.3 is 0 Å².